The number of imide groups is 1. The predicted octanol–water partition coefficient (Wildman–Crippen LogP) is 4.93. The summed E-state index contributed by atoms with van der Waals surface area (Å²) in [4.78, 5) is 37.8. The second-order valence-corrected chi connectivity index (χ2v) is 11.9. The van der Waals surface area contributed by atoms with Crippen LogP contribution < -0.4 is 5.32 Å². The van der Waals surface area contributed by atoms with Gasteiger partial charge in [-0.3, -0.25) is 19.3 Å². The number of carbonyl (C=O) groups excluding carboxylic acids is 3. The lowest BCUT2D eigenvalue weighted by atomic mass is 9.97. The number of nitrogens with zero attached hydrogens (tertiary/aromatic N) is 1. The number of ether oxygens (including phenoxy) is 2. The van der Waals surface area contributed by atoms with Crippen LogP contribution in [0.15, 0.2) is 12.2 Å². The molecule has 0 aromatic heterocycles. The summed E-state index contributed by atoms with van der Waals surface area (Å²) < 4.78 is 12.1. The standard InChI is InChI=1S/C27H48N2O5/c1-10-11-15-26(6,7)33-19-17-24(2,3)28-21(30)14-16-27(8,9)34-20-18-25(4,5)29-22(31)12-13-23(29)32/h12-13H,10-11,14-20H2,1-9H3,(H,28,30). The van der Waals surface area contributed by atoms with Crippen LogP contribution in [-0.4, -0.2) is 58.1 Å². The average Bonchev–Trinajstić information content (AvgIpc) is 3.03. The van der Waals surface area contributed by atoms with Crippen molar-refractivity contribution in [2.45, 2.75) is 130 Å². The van der Waals surface area contributed by atoms with Gasteiger partial charge in [0.25, 0.3) is 11.8 Å². The van der Waals surface area contributed by atoms with Gasteiger partial charge >= 0.3 is 0 Å². The molecule has 0 saturated heterocycles. The van der Waals surface area contributed by atoms with E-state index in [9.17, 15) is 14.4 Å². The first-order valence-corrected chi connectivity index (χ1v) is 12.7. The lowest BCUT2D eigenvalue weighted by Gasteiger charge is -2.35. The SMILES string of the molecule is CCCCC(C)(C)OCCC(C)(C)NC(=O)CCC(C)(C)OCCC(C)(C)N1C(=O)C=CC1=O. The Balaban J connectivity index is 2.39. The minimum absolute atomic E-state index is 0.00779. The molecule has 0 aliphatic carbocycles. The van der Waals surface area contributed by atoms with E-state index in [0.29, 0.717) is 32.5 Å². The highest BCUT2D eigenvalue weighted by Crippen LogP contribution is 2.25. The minimum atomic E-state index is -0.637. The van der Waals surface area contributed by atoms with Gasteiger partial charge < -0.3 is 14.8 Å². The first-order valence-electron chi connectivity index (χ1n) is 12.7. The lowest BCUT2D eigenvalue weighted by Crippen LogP contribution is -2.48. The van der Waals surface area contributed by atoms with Crippen molar-refractivity contribution in [2.75, 3.05) is 13.2 Å². The number of hydrogen-bond donors (Lipinski definition) is 1. The van der Waals surface area contributed by atoms with E-state index in [1.54, 1.807) is 0 Å². The molecule has 0 aromatic rings. The van der Waals surface area contributed by atoms with Crippen molar-refractivity contribution in [1.29, 1.82) is 0 Å². The van der Waals surface area contributed by atoms with Crippen molar-refractivity contribution in [1.82, 2.24) is 10.2 Å². The normalized spacial score (nSPS) is 15.4. The molecule has 1 aliphatic heterocycles. The maximum absolute atomic E-state index is 12.6. The zero-order valence-electron chi connectivity index (χ0n) is 23.0. The molecular formula is C27H48N2O5. The van der Waals surface area contributed by atoms with Crippen LogP contribution in [0.1, 0.15) is 107 Å². The fraction of sp³-hybridized carbons (Fsp3) is 0.815. The monoisotopic (exact) mass is 480 g/mol. The van der Waals surface area contributed by atoms with Gasteiger partial charge in [-0.2, -0.15) is 0 Å². The largest absolute Gasteiger partial charge is 0.375 e. The number of hydrogen-bond acceptors (Lipinski definition) is 5. The Labute approximate surface area is 207 Å². The maximum atomic E-state index is 12.6. The average molecular weight is 481 g/mol. The molecule has 0 unspecified atom stereocenters. The number of rotatable bonds is 16. The van der Waals surface area contributed by atoms with Gasteiger partial charge in [-0.05, 0) is 81.1 Å². The van der Waals surface area contributed by atoms with E-state index in [0.717, 1.165) is 25.7 Å². The fourth-order valence-electron chi connectivity index (χ4n) is 3.93. The van der Waals surface area contributed by atoms with Crippen molar-refractivity contribution in [2.24, 2.45) is 0 Å². The summed E-state index contributed by atoms with van der Waals surface area (Å²) in [7, 11) is 0. The van der Waals surface area contributed by atoms with Crippen LogP contribution in [0.2, 0.25) is 0 Å². The van der Waals surface area contributed by atoms with Gasteiger partial charge in [0, 0.05) is 42.9 Å². The third kappa shape index (κ3) is 10.7. The van der Waals surface area contributed by atoms with Crippen LogP contribution in [0.5, 0.6) is 0 Å². The summed E-state index contributed by atoms with van der Waals surface area (Å²) in [6.07, 6.45) is 8.12. The lowest BCUT2D eigenvalue weighted by molar-refractivity contribution is -0.144. The molecule has 1 aliphatic rings. The van der Waals surface area contributed by atoms with Crippen LogP contribution in [0, 0.1) is 0 Å². The zero-order chi connectivity index (χ0) is 26.2. The first kappa shape index (κ1) is 30.3. The highest BCUT2D eigenvalue weighted by molar-refractivity contribution is 6.13. The van der Waals surface area contributed by atoms with Crippen LogP contribution >= 0.6 is 0 Å². The fourth-order valence-corrected chi connectivity index (χ4v) is 3.93. The first-order chi connectivity index (χ1) is 15.5. The summed E-state index contributed by atoms with van der Waals surface area (Å²) in [5, 5.41) is 3.12. The molecule has 1 heterocycles. The van der Waals surface area contributed by atoms with Crippen molar-refractivity contribution in [3.05, 3.63) is 12.2 Å². The molecule has 0 spiro atoms. The number of carbonyl (C=O) groups is 3. The van der Waals surface area contributed by atoms with E-state index in [-0.39, 0.29) is 28.9 Å². The number of amides is 3. The van der Waals surface area contributed by atoms with Crippen LogP contribution in [-0.2, 0) is 23.9 Å². The molecule has 0 bridgehead atoms. The molecule has 1 N–H and O–H groups in total. The highest BCUT2D eigenvalue weighted by atomic mass is 16.5. The van der Waals surface area contributed by atoms with Crippen molar-refractivity contribution < 1.29 is 23.9 Å². The molecule has 34 heavy (non-hydrogen) atoms. The van der Waals surface area contributed by atoms with E-state index in [4.69, 9.17) is 9.47 Å². The Hall–Kier alpha value is -1.73. The maximum Gasteiger partial charge on any atom is 0.254 e. The molecule has 0 saturated carbocycles. The number of unbranched alkanes of at least 4 members (excludes halogenated alkanes) is 1. The molecule has 7 nitrogen and oxygen atoms in total. The topological polar surface area (TPSA) is 84.9 Å². The van der Waals surface area contributed by atoms with E-state index >= 15 is 0 Å². The summed E-state index contributed by atoms with van der Waals surface area (Å²) in [5.41, 5.74) is -1.63. The van der Waals surface area contributed by atoms with Gasteiger partial charge in [0.15, 0.2) is 0 Å². The second-order valence-electron chi connectivity index (χ2n) is 11.9. The highest BCUT2D eigenvalue weighted by Gasteiger charge is 2.37. The molecule has 0 atom stereocenters. The molecule has 7 heteroatoms. The third-order valence-electron chi connectivity index (χ3n) is 6.41. The third-order valence-corrected chi connectivity index (χ3v) is 6.41. The van der Waals surface area contributed by atoms with E-state index in [1.165, 1.54) is 17.1 Å². The Morgan fingerprint density at radius 1 is 0.824 bits per heavy atom. The molecule has 0 radical (unpaired) electrons. The minimum Gasteiger partial charge on any atom is -0.375 e. The van der Waals surface area contributed by atoms with Gasteiger partial charge in [-0.25, -0.2) is 0 Å². The van der Waals surface area contributed by atoms with E-state index in [1.807, 2.05) is 41.5 Å². The Morgan fingerprint density at radius 2 is 1.32 bits per heavy atom. The summed E-state index contributed by atoms with van der Waals surface area (Å²) in [6.45, 7) is 19.1. The predicted molar refractivity (Wildman–Crippen MR) is 135 cm³/mol. The molecule has 1 rings (SSSR count). The quantitative estimate of drug-likeness (QED) is 0.317. The smallest absolute Gasteiger partial charge is 0.254 e. The van der Waals surface area contributed by atoms with Gasteiger partial charge in [0.1, 0.15) is 0 Å². The second kappa shape index (κ2) is 12.3. The summed E-state index contributed by atoms with van der Waals surface area (Å²) in [5.74, 6) is -0.585. The molecule has 0 fully saturated rings. The molecule has 3 amide bonds. The number of nitrogens with one attached hydrogen (secondary N) is 1. The Morgan fingerprint density at radius 3 is 1.85 bits per heavy atom. The van der Waals surface area contributed by atoms with Gasteiger partial charge in [-0.1, -0.05) is 19.8 Å². The van der Waals surface area contributed by atoms with E-state index in [2.05, 4.69) is 26.1 Å². The zero-order valence-corrected chi connectivity index (χ0v) is 23.0. The van der Waals surface area contributed by atoms with Gasteiger partial charge in [0.2, 0.25) is 5.91 Å². The summed E-state index contributed by atoms with van der Waals surface area (Å²) >= 11 is 0. The van der Waals surface area contributed by atoms with Gasteiger partial charge in [0.05, 0.1) is 11.2 Å². The van der Waals surface area contributed by atoms with Gasteiger partial charge in [-0.15, -0.1) is 0 Å². The van der Waals surface area contributed by atoms with Crippen molar-refractivity contribution in [3.8, 4) is 0 Å². The Bertz CT molecular complexity index is 719. The van der Waals surface area contributed by atoms with Crippen molar-refractivity contribution in [3.63, 3.8) is 0 Å². The molecule has 196 valence electrons. The van der Waals surface area contributed by atoms with E-state index < -0.39 is 11.1 Å². The molecule has 0 aromatic carbocycles. The van der Waals surface area contributed by atoms with Crippen molar-refractivity contribution >= 4 is 17.7 Å². The van der Waals surface area contributed by atoms with Crippen LogP contribution in [0.3, 0.4) is 0 Å². The summed E-state index contributed by atoms with van der Waals surface area (Å²) in [6, 6.07) is 0. The van der Waals surface area contributed by atoms with Crippen LogP contribution in [0.4, 0.5) is 0 Å². The van der Waals surface area contributed by atoms with Crippen LogP contribution in [0.25, 0.3) is 0 Å². The molecular weight excluding hydrogens is 432 g/mol. The Kier molecular flexibility index (Phi) is 11.0.